The third-order valence-electron chi connectivity index (χ3n) is 3.95. The summed E-state index contributed by atoms with van der Waals surface area (Å²) in [4.78, 5) is 30.4. The molecule has 3 rings (SSSR count). The molecule has 0 unspecified atom stereocenters. The van der Waals surface area contributed by atoms with E-state index in [1.165, 1.54) is 6.07 Å². The number of nitriles is 1. The van der Waals surface area contributed by atoms with Crippen LogP contribution < -0.4 is 5.56 Å². The quantitative estimate of drug-likeness (QED) is 0.739. The molecule has 6 nitrogen and oxygen atoms in total. The molecule has 0 aliphatic rings. The molecule has 0 aliphatic carbocycles. The van der Waals surface area contributed by atoms with Crippen molar-refractivity contribution in [3.8, 4) is 17.3 Å². The fraction of sp³-hybridized carbons (Fsp3) is 0.100. The second-order valence-corrected chi connectivity index (χ2v) is 5.72. The summed E-state index contributed by atoms with van der Waals surface area (Å²) in [5, 5.41) is 18.3. The van der Waals surface area contributed by atoms with Gasteiger partial charge in [0.05, 0.1) is 11.3 Å². The van der Waals surface area contributed by atoms with Crippen LogP contribution in [0.2, 0.25) is 0 Å². The topological polar surface area (TPSA) is 107 Å². The monoisotopic (exact) mass is 345 g/mol. The Balaban J connectivity index is 1.91. The molecule has 0 fully saturated rings. The summed E-state index contributed by atoms with van der Waals surface area (Å²) in [6.07, 6.45) is 0.939. The second-order valence-electron chi connectivity index (χ2n) is 5.72. The normalized spacial score (nSPS) is 10.3. The van der Waals surface area contributed by atoms with Gasteiger partial charge in [0.25, 0.3) is 5.56 Å². The lowest BCUT2D eigenvalue weighted by Crippen LogP contribution is -2.17. The van der Waals surface area contributed by atoms with Crippen molar-refractivity contribution in [2.75, 3.05) is 0 Å². The van der Waals surface area contributed by atoms with Crippen LogP contribution in [0.15, 0.2) is 59.4 Å². The Morgan fingerprint density at radius 1 is 1.12 bits per heavy atom. The lowest BCUT2D eigenvalue weighted by molar-refractivity contribution is 0.0696. The van der Waals surface area contributed by atoms with E-state index in [1.54, 1.807) is 24.3 Å². The minimum absolute atomic E-state index is 0.0205. The number of hydrogen-bond acceptors (Lipinski definition) is 4. The van der Waals surface area contributed by atoms with Gasteiger partial charge >= 0.3 is 5.97 Å². The van der Waals surface area contributed by atoms with E-state index < -0.39 is 11.5 Å². The highest BCUT2D eigenvalue weighted by Gasteiger charge is 2.13. The van der Waals surface area contributed by atoms with Crippen LogP contribution in [0, 0.1) is 11.3 Å². The van der Waals surface area contributed by atoms with Gasteiger partial charge in [-0.2, -0.15) is 5.26 Å². The van der Waals surface area contributed by atoms with E-state index in [2.05, 4.69) is 9.97 Å². The zero-order valence-corrected chi connectivity index (χ0v) is 13.8. The van der Waals surface area contributed by atoms with Crippen molar-refractivity contribution < 1.29 is 9.90 Å². The van der Waals surface area contributed by atoms with E-state index in [0.29, 0.717) is 29.9 Å². The zero-order chi connectivity index (χ0) is 18.5. The summed E-state index contributed by atoms with van der Waals surface area (Å²) in [6, 6.07) is 17.6. The maximum atomic E-state index is 12.2. The Labute approximate surface area is 149 Å². The summed E-state index contributed by atoms with van der Waals surface area (Å²) in [7, 11) is 0. The van der Waals surface area contributed by atoms with Gasteiger partial charge in [-0.1, -0.05) is 42.5 Å². The Kier molecular flexibility index (Phi) is 4.90. The van der Waals surface area contributed by atoms with Crippen LogP contribution in [0.5, 0.6) is 0 Å². The van der Waals surface area contributed by atoms with Crippen LogP contribution in [0.1, 0.15) is 27.3 Å². The number of aryl methyl sites for hydroxylation is 2. The molecule has 6 heteroatoms. The average molecular weight is 345 g/mol. The first kappa shape index (κ1) is 17.1. The van der Waals surface area contributed by atoms with Gasteiger partial charge in [-0.25, -0.2) is 9.78 Å². The Morgan fingerprint density at radius 3 is 2.58 bits per heavy atom. The molecule has 0 atom stereocenters. The molecule has 0 aliphatic heterocycles. The van der Waals surface area contributed by atoms with Crippen molar-refractivity contribution in [2.24, 2.45) is 0 Å². The Hall–Kier alpha value is -3.72. The number of aromatic carboxylic acids is 1. The maximum Gasteiger partial charge on any atom is 0.335 e. The van der Waals surface area contributed by atoms with Gasteiger partial charge in [-0.05, 0) is 24.1 Å². The lowest BCUT2D eigenvalue weighted by Gasteiger charge is -2.07. The molecule has 2 aromatic carbocycles. The standard InChI is InChI=1S/C20H15N3O3/c21-12-16-18(14-6-2-1-3-7-14)22-17(23-19(16)24)10-9-13-5-4-8-15(11-13)20(25)26/h1-8,11H,9-10H2,(H,25,26)(H,22,23,24). The van der Waals surface area contributed by atoms with Crippen molar-refractivity contribution in [2.45, 2.75) is 12.8 Å². The van der Waals surface area contributed by atoms with Gasteiger partial charge in [0.1, 0.15) is 17.5 Å². The smallest absolute Gasteiger partial charge is 0.335 e. The molecule has 0 radical (unpaired) electrons. The highest BCUT2D eigenvalue weighted by molar-refractivity contribution is 5.87. The summed E-state index contributed by atoms with van der Waals surface area (Å²) in [5.74, 6) is -0.531. The molecule has 128 valence electrons. The molecule has 1 aromatic heterocycles. The van der Waals surface area contributed by atoms with E-state index in [9.17, 15) is 14.9 Å². The molecule has 0 bridgehead atoms. The summed E-state index contributed by atoms with van der Waals surface area (Å²) in [6.45, 7) is 0. The molecule has 26 heavy (non-hydrogen) atoms. The highest BCUT2D eigenvalue weighted by atomic mass is 16.4. The Morgan fingerprint density at radius 2 is 1.88 bits per heavy atom. The van der Waals surface area contributed by atoms with Crippen molar-refractivity contribution in [3.05, 3.63) is 87.5 Å². The third kappa shape index (κ3) is 3.68. The number of nitrogens with one attached hydrogen (secondary N) is 1. The molecule has 0 saturated carbocycles. The first-order chi connectivity index (χ1) is 12.6. The lowest BCUT2D eigenvalue weighted by atomic mass is 10.1. The molecule has 0 saturated heterocycles. The minimum Gasteiger partial charge on any atom is -0.478 e. The summed E-state index contributed by atoms with van der Waals surface area (Å²) < 4.78 is 0. The van der Waals surface area contributed by atoms with Crippen LogP contribution in [0.4, 0.5) is 0 Å². The van der Waals surface area contributed by atoms with Gasteiger partial charge in [-0.3, -0.25) is 4.79 Å². The van der Waals surface area contributed by atoms with E-state index in [4.69, 9.17) is 5.11 Å². The Bertz CT molecular complexity index is 1050. The molecule has 2 N–H and O–H groups in total. The number of aromatic amines is 1. The van der Waals surface area contributed by atoms with Gasteiger partial charge in [0, 0.05) is 12.0 Å². The molecule has 0 amide bonds. The number of rotatable bonds is 5. The fourth-order valence-corrected chi connectivity index (χ4v) is 2.67. The van der Waals surface area contributed by atoms with E-state index in [-0.39, 0.29) is 11.1 Å². The van der Waals surface area contributed by atoms with Gasteiger partial charge in [-0.15, -0.1) is 0 Å². The zero-order valence-electron chi connectivity index (χ0n) is 13.8. The first-order valence-corrected chi connectivity index (χ1v) is 7.99. The number of carboxylic acid groups (broad SMARTS) is 1. The first-order valence-electron chi connectivity index (χ1n) is 7.99. The highest BCUT2D eigenvalue weighted by Crippen LogP contribution is 2.19. The van der Waals surface area contributed by atoms with Crippen LogP contribution in [-0.2, 0) is 12.8 Å². The van der Waals surface area contributed by atoms with Gasteiger partial charge in [0.2, 0.25) is 0 Å². The molecule has 0 spiro atoms. The van der Waals surface area contributed by atoms with Crippen LogP contribution in [0.25, 0.3) is 11.3 Å². The largest absolute Gasteiger partial charge is 0.478 e. The average Bonchev–Trinajstić information content (AvgIpc) is 2.67. The van der Waals surface area contributed by atoms with Crippen molar-refractivity contribution >= 4 is 5.97 Å². The summed E-state index contributed by atoms with van der Waals surface area (Å²) >= 11 is 0. The second kappa shape index (κ2) is 7.45. The molecule has 3 aromatic rings. The number of carboxylic acids is 1. The summed E-state index contributed by atoms with van der Waals surface area (Å²) in [5.41, 5.74) is 1.60. The number of aromatic nitrogens is 2. The maximum absolute atomic E-state index is 12.2. The third-order valence-corrected chi connectivity index (χ3v) is 3.95. The fourth-order valence-electron chi connectivity index (χ4n) is 2.67. The van der Waals surface area contributed by atoms with E-state index >= 15 is 0 Å². The number of H-pyrrole nitrogens is 1. The van der Waals surface area contributed by atoms with Crippen LogP contribution >= 0.6 is 0 Å². The van der Waals surface area contributed by atoms with Crippen LogP contribution in [-0.4, -0.2) is 21.0 Å². The number of benzene rings is 2. The van der Waals surface area contributed by atoms with Gasteiger partial charge < -0.3 is 10.1 Å². The SMILES string of the molecule is N#Cc1c(-c2ccccc2)nc(CCc2cccc(C(=O)O)c2)[nH]c1=O. The minimum atomic E-state index is -0.983. The predicted molar refractivity (Wildman–Crippen MR) is 95.8 cm³/mol. The predicted octanol–water partition coefficient (Wildman–Crippen LogP) is 2.79. The number of carbonyl (C=O) groups is 1. The molecule has 1 heterocycles. The van der Waals surface area contributed by atoms with Crippen molar-refractivity contribution in [3.63, 3.8) is 0 Å². The van der Waals surface area contributed by atoms with E-state index in [1.807, 2.05) is 30.3 Å². The van der Waals surface area contributed by atoms with Crippen molar-refractivity contribution in [1.82, 2.24) is 9.97 Å². The van der Waals surface area contributed by atoms with E-state index in [0.717, 1.165) is 5.56 Å². The molecular weight excluding hydrogens is 330 g/mol. The van der Waals surface area contributed by atoms with Gasteiger partial charge in [0.15, 0.2) is 0 Å². The number of hydrogen-bond donors (Lipinski definition) is 2. The van der Waals surface area contributed by atoms with Crippen molar-refractivity contribution in [1.29, 1.82) is 5.26 Å². The van der Waals surface area contributed by atoms with Crippen LogP contribution in [0.3, 0.4) is 0 Å². The number of nitrogens with zero attached hydrogens (tertiary/aromatic N) is 2. The molecular formula is C20H15N3O3.